The van der Waals surface area contributed by atoms with Gasteiger partial charge in [-0.05, 0) is 36.8 Å². The molecule has 1 heteroatoms. The second kappa shape index (κ2) is 4.12. The van der Waals surface area contributed by atoms with Crippen molar-refractivity contribution in [3.05, 3.63) is 30.3 Å². The Kier molecular flexibility index (Phi) is 2.96. The first-order valence-corrected chi connectivity index (χ1v) is 6.17. The Morgan fingerprint density at radius 1 is 1.12 bits per heavy atom. The summed E-state index contributed by atoms with van der Waals surface area (Å²) in [5, 5.41) is 0. The number of para-hydroxylation sites is 1. The smallest absolute Gasteiger partial charge is 0.119 e. The summed E-state index contributed by atoms with van der Waals surface area (Å²) >= 11 is 0. The van der Waals surface area contributed by atoms with Crippen LogP contribution in [-0.4, -0.2) is 6.61 Å². The van der Waals surface area contributed by atoms with Gasteiger partial charge in [0.1, 0.15) is 5.75 Å². The van der Waals surface area contributed by atoms with Gasteiger partial charge in [0.2, 0.25) is 0 Å². The van der Waals surface area contributed by atoms with E-state index in [1.165, 1.54) is 19.3 Å². The molecule has 2 rings (SSSR count). The highest BCUT2D eigenvalue weighted by Gasteiger charge is 2.45. The fraction of sp³-hybridized carbons (Fsp3) is 0.600. The fourth-order valence-corrected chi connectivity index (χ4v) is 2.43. The van der Waals surface area contributed by atoms with Gasteiger partial charge in [-0.1, -0.05) is 39.0 Å². The van der Waals surface area contributed by atoms with Crippen LogP contribution in [0.15, 0.2) is 30.3 Å². The van der Waals surface area contributed by atoms with Crippen LogP contribution < -0.4 is 4.74 Å². The van der Waals surface area contributed by atoms with Gasteiger partial charge in [-0.2, -0.15) is 0 Å². The van der Waals surface area contributed by atoms with Crippen LogP contribution in [0.4, 0.5) is 0 Å². The van der Waals surface area contributed by atoms with E-state index in [4.69, 9.17) is 4.74 Å². The van der Waals surface area contributed by atoms with Crippen molar-refractivity contribution in [1.82, 2.24) is 0 Å². The average molecular weight is 218 g/mol. The normalized spacial score (nSPS) is 18.2. The van der Waals surface area contributed by atoms with E-state index < -0.39 is 0 Å². The van der Waals surface area contributed by atoms with E-state index in [-0.39, 0.29) is 0 Å². The van der Waals surface area contributed by atoms with Crippen LogP contribution in [0.2, 0.25) is 0 Å². The summed E-state index contributed by atoms with van der Waals surface area (Å²) in [6.07, 6.45) is 3.93. The van der Waals surface area contributed by atoms with Gasteiger partial charge in [0.25, 0.3) is 0 Å². The van der Waals surface area contributed by atoms with E-state index >= 15 is 0 Å². The maximum Gasteiger partial charge on any atom is 0.119 e. The molecule has 1 aromatic carbocycles. The minimum absolute atomic E-state index is 0.413. The first kappa shape index (κ1) is 11.5. The van der Waals surface area contributed by atoms with Crippen LogP contribution in [0.3, 0.4) is 0 Å². The zero-order valence-corrected chi connectivity index (χ0v) is 10.6. The van der Waals surface area contributed by atoms with Crippen molar-refractivity contribution in [2.24, 2.45) is 10.8 Å². The molecule has 0 radical (unpaired) electrons. The molecule has 1 aliphatic carbocycles. The second-order valence-electron chi connectivity index (χ2n) is 6.34. The summed E-state index contributed by atoms with van der Waals surface area (Å²) in [6, 6.07) is 10.1. The highest BCUT2D eigenvalue weighted by molar-refractivity contribution is 5.21. The van der Waals surface area contributed by atoms with Crippen molar-refractivity contribution in [2.75, 3.05) is 6.61 Å². The lowest BCUT2D eigenvalue weighted by Crippen LogP contribution is -2.20. The molecule has 1 nitrogen and oxygen atoms in total. The standard InChI is InChI=1S/C15H22O/c1-14(2,3)11-15(9-10-15)12-16-13-7-5-4-6-8-13/h4-8H,9-12H2,1-3H3. The molecular weight excluding hydrogens is 196 g/mol. The minimum atomic E-state index is 0.413. The van der Waals surface area contributed by atoms with Crippen molar-refractivity contribution >= 4 is 0 Å². The molecule has 0 heterocycles. The average Bonchev–Trinajstić information content (AvgIpc) is 2.95. The second-order valence-corrected chi connectivity index (χ2v) is 6.34. The zero-order chi connectivity index (χ0) is 11.6. The molecule has 1 aliphatic rings. The minimum Gasteiger partial charge on any atom is -0.493 e. The zero-order valence-electron chi connectivity index (χ0n) is 10.6. The van der Waals surface area contributed by atoms with Gasteiger partial charge in [0.05, 0.1) is 6.61 Å². The lowest BCUT2D eigenvalue weighted by atomic mass is 9.83. The molecule has 1 saturated carbocycles. The molecule has 16 heavy (non-hydrogen) atoms. The van der Waals surface area contributed by atoms with Gasteiger partial charge in [-0.15, -0.1) is 0 Å². The molecule has 0 unspecified atom stereocenters. The van der Waals surface area contributed by atoms with Gasteiger partial charge in [-0.25, -0.2) is 0 Å². The van der Waals surface area contributed by atoms with Gasteiger partial charge in [0.15, 0.2) is 0 Å². The Hall–Kier alpha value is -0.980. The number of ether oxygens (including phenoxy) is 1. The predicted molar refractivity (Wildman–Crippen MR) is 67.7 cm³/mol. The topological polar surface area (TPSA) is 9.23 Å². The Balaban J connectivity index is 1.86. The molecule has 0 atom stereocenters. The SMILES string of the molecule is CC(C)(C)CC1(COc2ccccc2)CC1. The van der Waals surface area contributed by atoms with E-state index in [0.717, 1.165) is 12.4 Å². The predicted octanol–water partition coefficient (Wildman–Crippen LogP) is 4.28. The summed E-state index contributed by atoms with van der Waals surface area (Å²) in [5.41, 5.74) is 0.880. The van der Waals surface area contributed by atoms with E-state index in [9.17, 15) is 0 Å². The lowest BCUT2D eigenvalue weighted by molar-refractivity contribution is 0.178. The van der Waals surface area contributed by atoms with Crippen molar-refractivity contribution in [3.63, 3.8) is 0 Å². The summed E-state index contributed by atoms with van der Waals surface area (Å²) in [6.45, 7) is 7.83. The highest BCUT2D eigenvalue weighted by atomic mass is 16.5. The van der Waals surface area contributed by atoms with Crippen LogP contribution >= 0.6 is 0 Å². The molecule has 1 fully saturated rings. The van der Waals surface area contributed by atoms with E-state index in [1.54, 1.807) is 0 Å². The molecular formula is C15H22O. The molecule has 0 aromatic heterocycles. The summed E-state index contributed by atoms with van der Waals surface area (Å²) in [7, 11) is 0. The molecule has 1 aromatic rings. The maximum atomic E-state index is 5.88. The van der Waals surface area contributed by atoms with Crippen LogP contribution in [-0.2, 0) is 0 Å². The Bertz CT molecular complexity index is 330. The lowest BCUT2D eigenvalue weighted by Gasteiger charge is -2.25. The Labute approximate surface area is 98.8 Å². The molecule has 0 N–H and O–H groups in total. The molecule has 0 aliphatic heterocycles. The molecule has 88 valence electrons. The monoisotopic (exact) mass is 218 g/mol. The number of hydrogen-bond donors (Lipinski definition) is 0. The van der Waals surface area contributed by atoms with Crippen LogP contribution in [0.1, 0.15) is 40.0 Å². The maximum absolute atomic E-state index is 5.88. The quantitative estimate of drug-likeness (QED) is 0.733. The summed E-state index contributed by atoms with van der Waals surface area (Å²) < 4.78 is 5.88. The number of hydrogen-bond acceptors (Lipinski definition) is 1. The van der Waals surface area contributed by atoms with Crippen LogP contribution in [0.25, 0.3) is 0 Å². The summed E-state index contributed by atoms with van der Waals surface area (Å²) in [5.74, 6) is 1.00. The molecule has 0 bridgehead atoms. The van der Waals surface area contributed by atoms with Gasteiger partial charge in [0, 0.05) is 5.41 Å². The largest absolute Gasteiger partial charge is 0.493 e. The highest BCUT2D eigenvalue weighted by Crippen LogP contribution is 2.53. The number of benzene rings is 1. The molecule has 0 amide bonds. The third kappa shape index (κ3) is 3.26. The molecule has 0 spiro atoms. The van der Waals surface area contributed by atoms with Gasteiger partial charge in [-0.3, -0.25) is 0 Å². The third-order valence-electron chi connectivity index (χ3n) is 3.15. The van der Waals surface area contributed by atoms with Crippen molar-refractivity contribution in [1.29, 1.82) is 0 Å². The Morgan fingerprint density at radius 2 is 1.75 bits per heavy atom. The van der Waals surface area contributed by atoms with E-state index in [1.807, 2.05) is 30.3 Å². The fourth-order valence-electron chi connectivity index (χ4n) is 2.43. The van der Waals surface area contributed by atoms with Crippen molar-refractivity contribution in [3.8, 4) is 5.75 Å². The molecule has 0 saturated heterocycles. The van der Waals surface area contributed by atoms with Crippen molar-refractivity contribution < 1.29 is 4.74 Å². The number of rotatable bonds is 4. The van der Waals surface area contributed by atoms with Crippen molar-refractivity contribution in [2.45, 2.75) is 40.0 Å². The first-order chi connectivity index (χ1) is 7.49. The summed E-state index contributed by atoms with van der Waals surface area (Å²) in [4.78, 5) is 0. The van der Waals surface area contributed by atoms with Gasteiger partial charge < -0.3 is 4.74 Å². The third-order valence-corrected chi connectivity index (χ3v) is 3.15. The van der Waals surface area contributed by atoms with E-state index in [2.05, 4.69) is 20.8 Å². The van der Waals surface area contributed by atoms with Crippen LogP contribution in [0, 0.1) is 10.8 Å². The van der Waals surface area contributed by atoms with E-state index in [0.29, 0.717) is 10.8 Å². The first-order valence-electron chi connectivity index (χ1n) is 6.17. The van der Waals surface area contributed by atoms with Gasteiger partial charge >= 0.3 is 0 Å². The van der Waals surface area contributed by atoms with Crippen LogP contribution in [0.5, 0.6) is 5.75 Å². The Morgan fingerprint density at radius 3 is 2.25 bits per heavy atom.